The number of imidazole rings is 1. The number of carbonyl (C=O) groups excluding carboxylic acids is 1. The zero-order chi connectivity index (χ0) is 25.8. The topological polar surface area (TPSA) is 114 Å². The number of hydrogen-bond donors (Lipinski definition) is 3. The highest BCUT2D eigenvalue weighted by molar-refractivity contribution is 5.91. The molecule has 37 heavy (non-hydrogen) atoms. The van der Waals surface area contributed by atoms with Crippen molar-refractivity contribution in [3.05, 3.63) is 72.8 Å². The molecule has 4 N–H and O–H groups in total. The van der Waals surface area contributed by atoms with Crippen LogP contribution in [0.15, 0.2) is 67.0 Å². The van der Waals surface area contributed by atoms with Gasteiger partial charge in [0.05, 0.1) is 12.8 Å². The Labute approximate surface area is 215 Å². The van der Waals surface area contributed by atoms with Gasteiger partial charge in [-0.3, -0.25) is 9.20 Å². The monoisotopic (exact) mass is 497 g/mol. The predicted molar refractivity (Wildman–Crippen MR) is 147 cm³/mol. The number of carbonyl (C=O) groups is 1. The zero-order valence-electron chi connectivity index (χ0n) is 21.0. The van der Waals surface area contributed by atoms with Gasteiger partial charge < -0.3 is 25.7 Å². The Hall–Kier alpha value is -4.37. The van der Waals surface area contributed by atoms with E-state index in [1.54, 1.807) is 37.6 Å². The van der Waals surface area contributed by atoms with E-state index < -0.39 is 0 Å². The summed E-state index contributed by atoms with van der Waals surface area (Å²) in [5.74, 6) is 2.84. The third kappa shape index (κ3) is 5.12. The fourth-order valence-corrected chi connectivity index (χ4v) is 4.79. The average molecular weight is 498 g/mol. The first-order valence-electron chi connectivity index (χ1n) is 12.3. The van der Waals surface area contributed by atoms with Crippen molar-refractivity contribution in [3.63, 3.8) is 0 Å². The number of hydrogen-bond acceptors (Lipinski definition) is 6. The van der Waals surface area contributed by atoms with Gasteiger partial charge in [-0.1, -0.05) is 18.2 Å². The fourth-order valence-electron chi connectivity index (χ4n) is 4.79. The molecule has 0 atom stereocenters. The van der Waals surface area contributed by atoms with E-state index in [-0.39, 0.29) is 0 Å². The Morgan fingerprint density at radius 2 is 1.89 bits per heavy atom. The van der Waals surface area contributed by atoms with Crippen molar-refractivity contribution in [1.82, 2.24) is 24.3 Å². The third-order valence-corrected chi connectivity index (χ3v) is 6.79. The van der Waals surface area contributed by atoms with Crippen LogP contribution in [-0.2, 0) is 4.79 Å². The molecule has 0 aliphatic carbocycles. The third-order valence-electron chi connectivity index (χ3n) is 6.79. The molecule has 0 bridgehead atoms. The minimum absolute atomic E-state index is 0.443. The number of likely N-dealkylation sites (tertiary alicyclic amines) is 1. The van der Waals surface area contributed by atoms with Gasteiger partial charge in [0.15, 0.2) is 0 Å². The molecule has 0 saturated carbocycles. The number of piperidine rings is 1. The lowest BCUT2D eigenvalue weighted by Gasteiger charge is -2.28. The van der Waals surface area contributed by atoms with Crippen LogP contribution in [0, 0.1) is 0 Å². The molecule has 9 heteroatoms. The van der Waals surface area contributed by atoms with Crippen molar-refractivity contribution in [1.29, 1.82) is 0 Å². The first-order chi connectivity index (χ1) is 18.1. The van der Waals surface area contributed by atoms with Crippen molar-refractivity contribution in [3.8, 4) is 17.1 Å². The number of nitrogens with two attached hydrogens (primary N) is 1. The van der Waals surface area contributed by atoms with Crippen LogP contribution >= 0.6 is 0 Å². The second-order valence-corrected chi connectivity index (χ2v) is 9.19. The second-order valence-electron chi connectivity index (χ2n) is 9.19. The van der Waals surface area contributed by atoms with E-state index in [0.29, 0.717) is 18.1 Å². The van der Waals surface area contributed by atoms with Gasteiger partial charge in [-0.25, -0.2) is 9.97 Å². The largest absolute Gasteiger partial charge is 0.497 e. The second kappa shape index (κ2) is 10.7. The molecule has 0 unspecified atom stereocenters. The molecule has 1 amide bonds. The number of ether oxygens (including phenoxy) is 1. The molecule has 1 fully saturated rings. The average Bonchev–Trinajstić information content (AvgIpc) is 3.53. The van der Waals surface area contributed by atoms with Gasteiger partial charge in [0.2, 0.25) is 6.41 Å². The molecule has 0 radical (unpaired) electrons. The van der Waals surface area contributed by atoms with E-state index in [9.17, 15) is 4.79 Å². The molecule has 5 aromatic rings. The molecule has 9 nitrogen and oxygen atoms in total. The Morgan fingerprint density at radius 3 is 2.59 bits per heavy atom. The summed E-state index contributed by atoms with van der Waals surface area (Å²) in [7, 11) is 3.78. The number of nitrogens with zero attached hydrogens (tertiary/aromatic N) is 4. The summed E-state index contributed by atoms with van der Waals surface area (Å²) in [4.78, 5) is 25.2. The maximum absolute atomic E-state index is 9.99. The number of methoxy groups -OCH3 is 1. The van der Waals surface area contributed by atoms with Crippen LogP contribution in [0.5, 0.6) is 5.75 Å². The predicted octanol–water partition coefficient (Wildman–Crippen LogP) is 4.53. The van der Waals surface area contributed by atoms with Crippen LogP contribution in [0.1, 0.15) is 24.6 Å². The maximum Gasteiger partial charge on any atom is 0.211 e. The Kier molecular flexibility index (Phi) is 7.04. The van der Waals surface area contributed by atoms with Gasteiger partial charge in [0.1, 0.15) is 28.6 Å². The van der Waals surface area contributed by atoms with Gasteiger partial charge in [-0.05, 0) is 69.4 Å². The van der Waals surface area contributed by atoms with E-state index in [0.717, 1.165) is 65.6 Å². The molecule has 190 valence electrons. The van der Waals surface area contributed by atoms with Crippen molar-refractivity contribution < 1.29 is 9.53 Å². The normalized spacial score (nSPS) is 14.3. The summed E-state index contributed by atoms with van der Waals surface area (Å²) in [6.45, 7) is 2.20. The minimum atomic E-state index is 0.443. The summed E-state index contributed by atoms with van der Waals surface area (Å²) in [6.07, 6.45) is 6.62. The summed E-state index contributed by atoms with van der Waals surface area (Å²) >= 11 is 0. The van der Waals surface area contributed by atoms with Gasteiger partial charge in [-0.2, -0.15) is 0 Å². The number of amides is 1. The first-order valence-corrected chi connectivity index (χ1v) is 12.3. The van der Waals surface area contributed by atoms with E-state index >= 15 is 0 Å². The molecule has 4 heterocycles. The van der Waals surface area contributed by atoms with Crippen LogP contribution < -0.4 is 15.8 Å². The van der Waals surface area contributed by atoms with Crippen molar-refractivity contribution >= 4 is 34.3 Å². The summed E-state index contributed by atoms with van der Waals surface area (Å²) in [5, 5.41) is 3.70. The standard InChI is InChI=1S/C20H22N6.C8H9NO2/c1-25-9-6-13(7-10-25)20-24-17(18-19(21)22-8-11-26(18)20)16-12-14-4-2-3-5-15(14)23-16;1-11-8-4-2-7(3-5-8)9-6-10/h2-5,8,11-13,23H,6-7,9-10H2,1H3,(H2,21,22);2-6H,1H3,(H,9,10). The maximum atomic E-state index is 9.99. The number of H-pyrrole nitrogens is 1. The highest BCUT2D eigenvalue weighted by Crippen LogP contribution is 2.34. The number of aromatic nitrogens is 4. The van der Waals surface area contributed by atoms with Gasteiger partial charge in [0.25, 0.3) is 0 Å². The number of fused-ring (bicyclic) bond motifs is 2. The highest BCUT2D eigenvalue weighted by Gasteiger charge is 2.25. The molecule has 1 aliphatic heterocycles. The van der Waals surface area contributed by atoms with Gasteiger partial charge >= 0.3 is 0 Å². The summed E-state index contributed by atoms with van der Waals surface area (Å²) < 4.78 is 7.07. The molecular formula is C28H31N7O2. The van der Waals surface area contributed by atoms with E-state index in [4.69, 9.17) is 15.5 Å². The number of para-hydroxylation sites is 1. The molecular weight excluding hydrogens is 466 g/mol. The van der Waals surface area contributed by atoms with Crippen molar-refractivity contribution in [2.45, 2.75) is 18.8 Å². The van der Waals surface area contributed by atoms with Gasteiger partial charge in [-0.15, -0.1) is 0 Å². The number of nitrogen functional groups attached to an aromatic ring is 1. The van der Waals surface area contributed by atoms with Crippen molar-refractivity contribution in [2.75, 3.05) is 38.3 Å². The lowest BCUT2D eigenvalue weighted by Crippen LogP contribution is -2.29. The van der Waals surface area contributed by atoms with Crippen LogP contribution in [0.25, 0.3) is 27.8 Å². The Bertz CT molecular complexity index is 1470. The quantitative estimate of drug-likeness (QED) is 0.308. The van der Waals surface area contributed by atoms with Crippen molar-refractivity contribution in [2.24, 2.45) is 0 Å². The smallest absolute Gasteiger partial charge is 0.211 e. The first kappa shape index (κ1) is 24.3. The Morgan fingerprint density at radius 1 is 1.14 bits per heavy atom. The number of rotatable bonds is 5. The number of nitrogens with one attached hydrogen (secondary N) is 2. The fraction of sp³-hybridized carbons (Fsp3) is 0.250. The lowest BCUT2D eigenvalue weighted by atomic mass is 9.96. The minimum Gasteiger partial charge on any atom is -0.497 e. The molecule has 2 aromatic carbocycles. The number of anilines is 2. The number of benzene rings is 2. The molecule has 1 aliphatic rings. The summed E-state index contributed by atoms with van der Waals surface area (Å²) in [6, 6.07) is 17.5. The van der Waals surface area contributed by atoms with Crippen LogP contribution in [0.2, 0.25) is 0 Å². The highest BCUT2D eigenvalue weighted by atomic mass is 16.5. The van der Waals surface area contributed by atoms with E-state index in [1.807, 2.05) is 18.3 Å². The van der Waals surface area contributed by atoms with E-state index in [1.165, 1.54) is 5.39 Å². The van der Waals surface area contributed by atoms with Gasteiger partial charge in [0, 0.05) is 34.9 Å². The van der Waals surface area contributed by atoms with E-state index in [2.05, 4.69) is 49.8 Å². The van der Waals surface area contributed by atoms with Crippen LogP contribution in [-0.4, -0.2) is 57.9 Å². The SMILES string of the molecule is CN1CCC(c2nc(-c3cc4ccccc4[nH]3)c3c(N)nccn23)CC1.COc1ccc(NC=O)cc1. The zero-order valence-corrected chi connectivity index (χ0v) is 21.0. The molecule has 0 spiro atoms. The Balaban J connectivity index is 0.000000215. The van der Waals surface area contributed by atoms with Crippen LogP contribution in [0.4, 0.5) is 11.5 Å². The summed E-state index contributed by atoms with van der Waals surface area (Å²) in [5.41, 5.74) is 10.9. The molecule has 1 saturated heterocycles. The lowest BCUT2D eigenvalue weighted by molar-refractivity contribution is -0.105. The molecule has 6 rings (SSSR count). The number of aromatic amines is 1. The molecule has 3 aromatic heterocycles. The van der Waals surface area contributed by atoms with Crippen LogP contribution in [0.3, 0.4) is 0 Å².